The number of aromatic nitrogens is 2. The maximum atomic E-state index is 12.9. The third kappa shape index (κ3) is 11.0. The van der Waals surface area contributed by atoms with Crippen LogP contribution in [-0.4, -0.2) is 63.4 Å². The van der Waals surface area contributed by atoms with E-state index in [1.54, 1.807) is 26.4 Å². The van der Waals surface area contributed by atoms with Crippen LogP contribution >= 0.6 is 24.8 Å². The third-order valence-corrected chi connectivity index (χ3v) is 6.00. The van der Waals surface area contributed by atoms with Crippen LogP contribution in [0.5, 0.6) is 0 Å². The van der Waals surface area contributed by atoms with E-state index >= 15 is 0 Å². The average Bonchev–Trinajstić information content (AvgIpc) is 3.53. The van der Waals surface area contributed by atoms with E-state index < -0.39 is 23.4 Å². The SMILES string of the molecule is CC(C)(N)C(=O)N[C@H](COCc1ccccc1)C(=O)Nc1cn(CCCCC(=O)N2CCCC2)cn1.Cl.Cl. The fourth-order valence-electron chi connectivity index (χ4n) is 3.85. The molecule has 4 N–H and O–H groups in total. The molecule has 10 nitrogen and oxygen atoms in total. The van der Waals surface area contributed by atoms with Crippen molar-refractivity contribution in [3.05, 3.63) is 48.4 Å². The van der Waals surface area contributed by atoms with Crippen LogP contribution < -0.4 is 16.4 Å². The normalized spacial score (nSPS) is 13.7. The number of amides is 3. The molecule has 0 spiro atoms. The van der Waals surface area contributed by atoms with Gasteiger partial charge in [-0.2, -0.15) is 0 Å². The van der Waals surface area contributed by atoms with Gasteiger partial charge in [-0.25, -0.2) is 4.98 Å². The molecule has 1 aromatic carbocycles. The summed E-state index contributed by atoms with van der Waals surface area (Å²) in [4.78, 5) is 43.7. The Hall–Kier alpha value is -2.66. The van der Waals surface area contributed by atoms with Crippen LogP contribution in [-0.2, 0) is 32.3 Å². The summed E-state index contributed by atoms with van der Waals surface area (Å²) in [5, 5.41) is 5.42. The van der Waals surface area contributed by atoms with Crippen molar-refractivity contribution in [1.82, 2.24) is 19.8 Å². The number of anilines is 1. The molecule has 12 heteroatoms. The van der Waals surface area contributed by atoms with Gasteiger partial charge in [-0.15, -0.1) is 24.8 Å². The van der Waals surface area contributed by atoms with Gasteiger partial charge in [0.1, 0.15) is 6.04 Å². The highest BCUT2D eigenvalue weighted by Crippen LogP contribution is 2.12. The van der Waals surface area contributed by atoms with Crippen molar-refractivity contribution < 1.29 is 19.1 Å². The van der Waals surface area contributed by atoms with Gasteiger partial charge in [-0.1, -0.05) is 30.3 Å². The number of hydrogen-bond donors (Lipinski definition) is 3. The molecular weight excluding hydrogens is 531 g/mol. The lowest BCUT2D eigenvalue weighted by atomic mass is 10.1. The molecule has 0 aliphatic carbocycles. The molecule has 1 aliphatic heterocycles. The summed E-state index contributed by atoms with van der Waals surface area (Å²) in [6.45, 7) is 5.88. The number of nitrogens with two attached hydrogens (primary N) is 1. The molecule has 3 rings (SSSR count). The van der Waals surface area contributed by atoms with E-state index in [0.717, 1.165) is 44.3 Å². The van der Waals surface area contributed by atoms with Crippen LogP contribution in [0.4, 0.5) is 5.82 Å². The fraction of sp³-hybridized carbons (Fsp3) is 0.538. The van der Waals surface area contributed by atoms with Crippen LogP contribution in [0.25, 0.3) is 0 Å². The first-order chi connectivity index (χ1) is 17.2. The van der Waals surface area contributed by atoms with E-state index in [2.05, 4.69) is 15.6 Å². The zero-order valence-electron chi connectivity index (χ0n) is 22.1. The van der Waals surface area contributed by atoms with E-state index in [0.29, 0.717) is 25.4 Å². The zero-order valence-corrected chi connectivity index (χ0v) is 23.7. The summed E-state index contributed by atoms with van der Waals surface area (Å²) in [5.41, 5.74) is 5.71. The van der Waals surface area contributed by atoms with Crippen molar-refractivity contribution in [1.29, 1.82) is 0 Å². The zero-order chi connectivity index (χ0) is 26.0. The van der Waals surface area contributed by atoms with Crippen molar-refractivity contribution in [3.8, 4) is 0 Å². The molecule has 1 fully saturated rings. The summed E-state index contributed by atoms with van der Waals surface area (Å²) in [7, 11) is 0. The Labute approximate surface area is 236 Å². The van der Waals surface area contributed by atoms with E-state index in [1.165, 1.54) is 0 Å². The predicted octanol–water partition coefficient (Wildman–Crippen LogP) is 2.90. The highest BCUT2D eigenvalue weighted by molar-refractivity contribution is 5.98. The quantitative estimate of drug-likeness (QED) is 0.317. The first kappa shape index (κ1) is 33.4. The summed E-state index contributed by atoms with van der Waals surface area (Å²) >= 11 is 0. The third-order valence-electron chi connectivity index (χ3n) is 6.00. The van der Waals surface area contributed by atoms with Gasteiger partial charge in [-0.3, -0.25) is 14.4 Å². The minimum Gasteiger partial charge on any atom is -0.374 e. The second-order valence-electron chi connectivity index (χ2n) is 9.78. The smallest absolute Gasteiger partial charge is 0.250 e. The van der Waals surface area contributed by atoms with Gasteiger partial charge in [0, 0.05) is 32.3 Å². The second-order valence-corrected chi connectivity index (χ2v) is 9.78. The lowest BCUT2D eigenvalue weighted by Gasteiger charge is -2.23. The van der Waals surface area contributed by atoms with Gasteiger partial charge in [0.25, 0.3) is 5.91 Å². The summed E-state index contributed by atoms with van der Waals surface area (Å²) in [6.07, 6.45) is 7.76. The van der Waals surface area contributed by atoms with Gasteiger partial charge in [0.2, 0.25) is 11.8 Å². The minimum absolute atomic E-state index is 0. The van der Waals surface area contributed by atoms with E-state index in [4.69, 9.17) is 10.5 Å². The van der Waals surface area contributed by atoms with Gasteiger partial charge >= 0.3 is 0 Å². The number of aryl methyl sites for hydroxylation is 1. The van der Waals surface area contributed by atoms with Gasteiger partial charge in [-0.05, 0) is 45.1 Å². The van der Waals surface area contributed by atoms with Crippen molar-refractivity contribution in [2.45, 2.75) is 70.7 Å². The molecule has 38 heavy (non-hydrogen) atoms. The molecular formula is C26H40Cl2N6O4. The molecule has 1 aromatic heterocycles. The van der Waals surface area contributed by atoms with Crippen molar-refractivity contribution in [3.63, 3.8) is 0 Å². The Morgan fingerprint density at radius 2 is 1.79 bits per heavy atom. The Bertz CT molecular complexity index is 1010. The number of carbonyl (C=O) groups excluding carboxylic acids is 3. The number of nitrogens with one attached hydrogen (secondary N) is 2. The predicted molar refractivity (Wildman–Crippen MR) is 151 cm³/mol. The molecule has 0 bridgehead atoms. The van der Waals surface area contributed by atoms with Crippen molar-refractivity contribution in [2.24, 2.45) is 5.73 Å². The average molecular weight is 572 g/mol. The molecule has 2 heterocycles. The van der Waals surface area contributed by atoms with Gasteiger partial charge in [0.05, 0.1) is 25.1 Å². The van der Waals surface area contributed by atoms with E-state index in [9.17, 15) is 14.4 Å². The molecule has 1 atom stereocenters. The molecule has 1 saturated heterocycles. The maximum absolute atomic E-state index is 12.9. The lowest BCUT2D eigenvalue weighted by molar-refractivity contribution is -0.130. The molecule has 0 unspecified atom stereocenters. The summed E-state index contributed by atoms with van der Waals surface area (Å²) in [6, 6.07) is 8.63. The number of benzene rings is 1. The topological polar surface area (TPSA) is 132 Å². The molecule has 212 valence electrons. The Morgan fingerprint density at radius 1 is 1.11 bits per heavy atom. The largest absolute Gasteiger partial charge is 0.374 e. The molecule has 3 amide bonds. The van der Waals surface area contributed by atoms with Crippen LogP contribution in [0.15, 0.2) is 42.9 Å². The first-order valence-corrected chi connectivity index (χ1v) is 12.5. The number of nitrogens with zero attached hydrogens (tertiary/aromatic N) is 3. The number of imidazole rings is 1. The minimum atomic E-state index is -1.14. The molecule has 1 aliphatic rings. The highest BCUT2D eigenvalue weighted by atomic mass is 35.5. The van der Waals surface area contributed by atoms with Gasteiger partial charge in [0.15, 0.2) is 5.82 Å². The highest BCUT2D eigenvalue weighted by Gasteiger charge is 2.28. The van der Waals surface area contributed by atoms with Crippen LogP contribution in [0, 0.1) is 0 Å². The summed E-state index contributed by atoms with van der Waals surface area (Å²) < 4.78 is 7.58. The maximum Gasteiger partial charge on any atom is 0.250 e. The summed E-state index contributed by atoms with van der Waals surface area (Å²) in [5.74, 6) is -0.293. The number of carbonyl (C=O) groups is 3. The van der Waals surface area contributed by atoms with Crippen LogP contribution in [0.1, 0.15) is 51.5 Å². The Kier molecular flexibility index (Phi) is 14.3. The number of likely N-dealkylation sites (tertiary alicyclic amines) is 1. The van der Waals surface area contributed by atoms with Crippen LogP contribution in [0.3, 0.4) is 0 Å². The number of ether oxygens (including phenoxy) is 1. The number of unbranched alkanes of at least 4 members (excludes halogenated alkanes) is 1. The Balaban J connectivity index is 0.00000361. The van der Waals surface area contributed by atoms with Crippen molar-refractivity contribution >= 4 is 48.4 Å². The molecule has 0 saturated carbocycles. The Morgan fingerprint density at radius 3 is 2.45 bits per heavy atom. The molecule has 2 aromatic rings. The number of halogens is 2. The van der Waals surface area contributed by atoms with Crippen molar-refractivity contribution in [2.75, 3.05) is 25.0 Å². The monoisotopic (exact) mass is 570 g/mol. The fourth-order valence-corrected chi connectivity index (χ4v) is 3.85. The number of rotatable bonds is 13. The number of hydrogen-bond acceptors (Lipinski definition) is 6. The first-order valence-electron chi connectivity index (χ1n) is 12.5. The second kappa shape index (κ2) is 16.3. The molecule has 0 radical (unpaired) electrons. The standard InChI is InChI=1S/C26H38N6O4.2ClH/c1-26(2,27)25(35)29-21(18-36-17-20-10-4-3-5-11-20)24(34)30-22-16-31(19-28-22)13-7-6-12-23(33)32-14-8-9-15-32;;/h3-5,10-11,16,19,21H,6-9,12-15,17-18,27H2,1-2H3,(H,29,35)(H,30,34);2*1H/t21-;;/m1../s1. The van der Waals surface area contributed by atoms with Crippen LogP contribution in [0.2, 0.25) is 0 Å². The van der Waals surface area contributed by atoms with E-state index in [1.807, 2.05) is 39.8 Å². The van der Waals surface area contributed by atoms with E-state index in [-0.39, 0.29) is 37.3 Å². The van der Waals surface area contributed by atoms with Gasteiger partial charge < -0.3 is 30.6 Å². The lowest BCUT2D eigenvalue weighted by Crippen LogP contribution is -2.56.